The van der Waals surface area contributed by atoms with Gasteiger partial charge in [0.05, 0.1) is 0 Å². The highest BCUT2D eigenvalue weighted by Crippen LogP contribution is 1.83. The molecule has 0 aromatic carbocycles. The van der Waals surface area contributed by atoms with Crippen molar-refractivity contribution in [3.63, 3.8) is 0 Å². The molecule has 0 bridgehead atoms. The van der Waals surface area contributed by atoms with E-state index in [4.69, 9.17) is 13.0 Å². The summed E-state index contributed by atoms with van der Waals surface area (Å²) in [6, 6.07) is 0. The average molecular weight is 134 g/mol. The van der Waals surface area contributed by atoms with Crippen molar-refractivity contribution in [2.24, 2.45) is 0 Å². The van der Waals surface area contributed by atoms with Crippen LogP contribution in [0.1, 0.15) is 10.5 Å². The number of hydrogen-bond donors (Lipinski definition) is 1. The molecular formula is C5H3BN2O2. The number of carboxylic acids is 1. The zero-order valence-electron chi connectivity index (χ0n) is 4.98. The van der Waals surface area contributed by atoms with Crippen molar-refractivity contribution < 1.29 is 9.90 Å². The summed E-state index contributed by atoms with van der Waals surface area (Å²) in [4.78, 5) is 17.3. The van der Waals surface area contributed by atoms with Crippen LogP contribution < -0.4 is 5.59 Å². The second-order valence-corrected chi connectivity index (χ2v) is 1.60. The van der Waals surface area contributed by atoms with Gasteiger partial charge >= 0.3 is 5.97 Å². The molecule has 1 rings (SSSR count). The lowest BCUT2D eigenvalue weighted by Gasteiger charge is -1.94. The standard InChI is InChI=1S/C5H3BN2O2/c6-4-3(5(9)10)7-1-2-8-4/h1-2H,(H,9,10). The van der Waals surface area contributed by atoms with Gasteiger partial charge in [-0.05, 0) is 0 Å². The SMILES string of the molecule is [B]c1nccnc1C(=O)O. The summed E-state index contributed by atoms with van der Waals surface area (Å²) in [7, 11) is 5.17. The van der Waals surface area contributed by atoms with Crippen LogP contribution in [0.4, 0.5) is 0 Å². The van der Waals surface area contributed by atoms with Crippen molar-refractivity contribution in [3.05, 3.63) is 18.1 Å². The highest BCUT2D eigenvalue weighted by atomic mass is 16.4. The van der Waals surface area contributed by atoms with Gasteiger partial charge in [0, 0.05) is 18.0 Å². The van der Waals surface area contributed by atoms with Crippen molar-refractivity contribution >= 4 is 19.4 Å². The van der Waals surface area contributed by atoms with Gasteiger partial charge in [0.2, 0.25) is 0 Å². The normalized spacial score (nSPS) is 9.20. The Kier molecular flexibility index (Phi) is 1.66. The monoisotopic (exact) mass is 134 g/mol. The third-order valence-corrected chi connectivity index (χ3v) is 0.929. The van der Waals surface area contributed by atoms with Gasteiger partial charge < -0.3 is 5.11 Å². The van der Waals surface area contributed by atoms with Crippen LogP contribution in [0.2, 0.25) is 0 Å². The summed E-state index contributed by atoms with van der Waals surface area (Å²) in [6.07, 6.45) is 2.61. The number of nitrogens with zero attached hydrogens (tertiary/aromatic N) is 2. The fourth-order valence-corrected chi connectivity index (χ4v) is 0.514. The van der Waals surface area contributed by atoms with Crippen LogP contribution in [-0.4, -0.2) is 28.9 Å². The van der Waals surface area contributed by atoms with E-state index in [0.29, 0.717) is 0 Å². The third kappa shape index (κ3) is 1.13. The summed E-state index contributed by atoms with van der Waals surface area (Å²) in [5.41, 5.74) is -0.266. The maximum Gasteiger partial charge on any atom is 0.355 e. The second-order valence-electron chi connectivity index (χ2n) is 1.60. The lowest BCUT2D eigenvalue weighted by atomic mass is 10.0. The summed E-state index contributed by atoms with van der Waals surface area (Å²) in [5, 5.41) is 8.38. The van der Waals surface area contributed by atoms with Crippen LogP contribution in [0.5, 0.6) is 0 Å². The van der Waals surface area contributed by atoms with Gasteiger partial charge in [-0.1, -0.05) is 0 Å². The van der Waals surface area contributed by atoms with Crippen molar-refractivity contribution in [3.8, 4) is 0 Å². The highest BCUT2D eigenvalue weighted by molar-refractivity contribution is 6.33. The Morgan fingerprint density at radius 2 is 2.10 bits per heavy atom. The number of rotatable bonds is 1. The topological polar surface area (TPSA) is 63.1 Å². The Labute approximate surface area is 58.3 Å². The lowest BCUT2D eigenvalue weighted by molar-refractivity contribution is 0.0692. The molecule has 48 valence electrons. The third-order valence-electron chi connectivity index (χ3n) is 0.929. The van der Waals surface area contributed by atoms with E-state index >= 15 is 0 Å². The number of aromatic nitrogens is 2. The average Bonchev–Trinajstić information content (AvgIpc) is 1.88. The van der Waals surface area contributed by atoms with Gasteiger partial charge in [-0.15, -0.1) is 0 Å². The first kappa shape index (κ1) is 6.73. The molecule has 10 heavy (non-hydrogen) atoms. The number of aromatic carboxylic acids is 1. The molecule has 0 fully saturated rings. The molecule has 5 heteroatoms. The highest BCUT2D eigenvalue weighted by Gasteiger charge is 2.06. The van der Waals surface area contributed by atoms with E-state index in [1.807, 2.05) is 0 Å². The number of hydrogen-bond acceptors (Lipinski definition) is 3. The zero-order chi connectivity index (χ0) is 7.56. The summed E-state index contributed by atoms with van der Waals surface area (Å²) in [6.45, 7) is 0. The molecule has 1 aromatic heterocycles. The van der Waals surface area contributed by atoms with Gasteiger partial charge in [-0.2, -0.15) is 0 Å². The van der Waals surface area contributed by atoms with Crippen LogP contribution in [0.15, 0.2) is 12.4 Å². The molecule has 1 aromatic rings. The van der Waals surface area contributed by atoms with Gasteiger partial charge in [-0.3, -0.25) is 4.98 Å². The molecule has 1 heterocycles. The van der Waals surface area contributed by atoms with Crippen LogP contribution in [0.3, 0.4) is 0 Å². The molecule has 1 N–H and O–H groups in total. The second kappa shape index (κ2) is 2.47. The van der Waals surface area contributed by atoms with Crippen LogP contribution >= 0.6 is 0 Å². The Morgan fingerprint density at radius 1 is 1.50 bits per heavy atom. The van der Waals surface area contributed by atoms with E-state index in [1.165, 1.54) is 12.4 Å². The number of carbonyl (C=O) groups is 1. The molecule has 0 atom stereocenters. The predicted octanol–water partition coefficient (Wildman–Crippen LogP) is -1.03. The van der Waals surface area contributed by atoms with Gasteiger partial charge in [-0.25, -0.2) is 9.78 Å². The van der Waals surface area contributed by atoms with E-state index in [2.05, 4.69) is 9.97 Å². The fraction of sp³-hybridized carbons (Fsp3) is 0. The zero-order valence-corrected chi connectivity index (χ0v) is 4.98. The first-order chi connectivity index (χ1) is 4.72. The van der Waals surface area contributed by atoms with Crippen LogP contribution in [-0.2, 0) is 0 Å². The fourth-order valence-electron chi connectivity index (χ4n) is 0.514. The van der Waals surface area contributed by atoms with E-state index < -0.39 is 5.97 Å². The Balaban J connectivity index is 3.15. The first-order valence-corrected chi connectivity index (χ1v) is 2.51. The quantitative estimate of drug-likeness (QED) is 0.498. The maximum absolute atomic E-state index is 10.2. The summed E-state index contributed by atoms with van der Waals surface area (Å²) < 4.78 is 0. The van der Waals surface area contributed by atoms with E-state index in [1.54, 1.807) is 0 Å². The molecule has 0 spiro atoms. The molecule has 0 unspecified atom stereocenters. The molecule has 0 saturated heterocycles. The summed E-state index contributed by atoms with van der Waals surface area (Å²) in [5.74, 6) is -1.16. The minimum absolute atomic E-state index is 0.0602. The minimum Gasteiger partial charge on any atom is -0.476 e. The first-order valence-electron chi connectivity index (χ1n) is 2.51. The van der Waals surface area contributed by atoms with Crippen LogP contribution in [0.25, 0.3) is 0 Å². The van der Waals surface area contributed by atoms with Crippen molar-refractivity contribution in [1.29, 1.82) is 0 Å². The van der Waals surface area contributed by atoms with E-state index in [-0.39, 0.29) is 11.3 Å². The molecule has 4 nitrogen and oxygen atoms in total. The lowest BCUT2D eigenvalue weighted by Crippen LogP contribution is -2.20. The van der Waals surface area contributed by atoms with E-state index in [9.17, 15) is 4.79 Å². The molecule has 0 saturated carbocycles. The molecule has 0 aliphatic rings. The predicted molar refractivity (Wildman–Crippen MR) is 34.4 cm³/mol. The van der Waals surface area contributed by atoms with Crippen molar-refractivity contribution in [2.75, 3.05) is 0 Å². The van der Waals surface area contributed by atoms with Crippen LogP contribution in [0, 0.1) is 0 Å². The Bertz CT molecular complexity index is 264. The smallest absolute Gasteiger partial charge is 0.355 e. The van der Waals surface area contributed by atoms with Crippen molar-refractivity contribution in [2.45, 2.75) is 0 Å². The molecule has 0 aliphatic heterocycles. The Morgan fingerprint density at radius 3 is 2.50 bits per heavy atom. The molecule has 0 amide bonds. The van der Waals surface area contributed by atoms with Crippen molar-refractivity contribution in [1.82, 2.24) is 9.97 Å². The molecular weight excluding hydrogens is 131 g/mol. The van der Waals surface area contributed by atoms with Gasteiger partial charge in [0.25, 0.3) is 0 Å². The summed E-state index contributed by atoms with van der Waals surface area (Å²) >= 11 is 0. The van der Waals surface area contributed by atoms with Gasteiger partial charge in [0.1, 0.15) is 7.85 Å². The molecule has 0 aliphatic carbocycles. The number of carboxylic acid groups (broad SMARTS) is 1. The molecule has 2 radical (unpaired) electrons. The largest absolute Gasteiger partial charge is 0.476 e. The maximum atomic E-state index is 10.2. The minimum atomic E-state index is -1.16. The van der Waals surface area contributed by atoms with E-state index in [0.717, 1.165) is 0 Å². The van der Waals surface area contributed by atoms with Gasteiger partial charge in [0.15, 0.2) is 5.69 Å². The Hall–Kier alpha value is -1.39.